The Bertz CT molecular complexity index is 1270. The number of hydrogen-bond acceptors (Lipinski definition) is 9. The number of ether oxygens (including phenoxy) is 2. The first-order chi connectivity index (χ1) is 17.2. The Morgan fingerprint density at radius 3 is 2.69 bits per heavy atom. The maximum absolute atomic E-state index is 13.7. The number of halogens is 3. The quantitative estimate of drug-likeness (QED) is 0.457. The van der Waals surface area contributed by atoms with Crippen LogP contribution in [0.2, 0.25) is 0 Å². The topological polar surface area (TPSA) is 107 Å². The third-order valence-electron chi connectivity index (χ3n) is 5.22. The lowest BCUT2D eigenvalue weighted by Gasteiger charge is -2.26. The fraction of sp³-hybridized carbons (Fsp3) is 0.261. The number of hydroxylamine groups is 3. The van der Waals surface area contributed by atoms with E-state index >= 15 is 0 Å². The summed E-state index contributed by atoms with van der Waals surface area (Å²) < 4.78 is 52.1. The monoisotopic (exact) mass is 505 g/mol. The van der Waals surface area contributed by atoms with Crippen molar-refractivity contribution in [1.29, 1.82) is 0 Å². The van der Waals surface area contributed by atoms with Crippen LogP contribution in [0.15, 0.2) is 42.6 Å². The van der Waals surface area contributed by atoms with E-state index < -0.39 is 23.5 Å². The van der Waals surface area contributed by atoms with Gasteiger partial charge in [-0.2, -0.15) is 23.2 Å². The van der Waals surface area contributed by atoms with E-state index in [2.05, 4.69) is 25.6 Å². The number of fused-ring (bicyclic) bond motifs is 1. The van der Waals surface area contributed by atoms with Crippen LogP contribution < -0.4 is 20.3 Å². The molecular formula is C23H22F3N5O5. The molecule has 0 bridgehead atoms. The smallest absolute Gasteiger partial charge is 0.423 e. The van der Waals surface area contributed by atoms with Crippen LogP contribution in [0, 0.1) is 0 Å². The predicted molar refractivity (Wildman–Crippen MR) is 121 cm³/mol. The Hall–Kier alpha value is -3.94. The fourth-order valence-corrected chi connectivity index (χ4v) is 3.49. The fourth-order valence-electron chi connectivity index (χ4n) is 3.49. The Labute approximate surface area is 203 Å². The largest absolute Gasteiger partial charge is 0.495 e. The Kier molecular flexibility index (Phi) is 7.24. The molecule has 0 aliphatic carbocycles. The molecule has 0 unspecified atom stereocenters. The lowest BCUT2D eigenvalue weighted by atomic mass is 10.1. The molecule has 0 fully saturated rings. The summed E-state index contributed by atoms with van der Waals surface area (Å²) in [5, 5.41) is 4.43. The highest BCUT2D eigenvalue weighted by Gasteiger charge is 2.37. The minimum atomic E-state index is -4.76. The van der Waals surface area contributed by atoms with Gasteiger partial charge in [0, 0.05) is 30.9 Å². The second kappa shape index (κ2) is 10.4. The molecule has 2 N–H and O–H groups in total. The number of amides is 1. The summed E-state index contributed by atoms with van der Waals surface area (Å²) in [5.74, 6) is -0.941. The molecule has 190 valence electrons. The van der Waals surface area contributed by atoms with Gasteiger partial charge < -0.3 is 14.8 Å². The minimum Gasteiger partial charge on any atom is -0.495 e. The molecule has 0 saturated heterocycles. The Morgan fingerprint density at radius 1 is 1.17 bits per heavy atom. The molecule has 0 radical (unpaired) electrons. The highest BCUT2D eigenvalue weighted by Crippen LogP contribution is 2.39. The number of methoxy groups -OCH3 is 1. The van der Waals surface area contributed by atoms with E-state index in [-0.39, 0.29) is 29.6 Å². The van der Waals surface area contributed by atoms with Gasteiger partial charge in [0.25, 0.3) is 5.91 Å². The van der Waals surface area contributed by atoms with Gasteiger partial charge in [-0.3, -0.25) is 14.5 Å². The molecular weight excluding hydrogens is 483 g/mol. The Morgan fingerprint density at radius 2 is 1.97 bits per heavy atom. The van der Waals surface area contributed by atoms with E-state index in [0.717, 1.165) is 5.56 Å². The van der Waals surface area contributed by atoms with E-state index in [1.165, 1.54) is 32.4 Å². The number of hydrogen-bond donors (Lipinski definition) is 2. The number of alkyl halides is 3. The van der Waals surface area contributed by atoms with Crippen LogP contribution in [0.25, 0.3) is 0 Å². The SMILES string of the molecule is CONC(=O)c1ccc(Nc2ncc(C(F)(F)F)c(Oc3cccc4c3CON(C)C4)n2)c(OC)c1. The van der Waals surface area contributed by atoms with E-state index in [4.69, 9.17) is 14.3 Å². The molecule has 1 aliphatic heterocycles. The van der Waals surface area contributed by atoms with Crippen molar-refractivity contribution in [3.05, 3.63) is 64.8 Å². The zero-order valence-corrected chi connectivity index (χ0v) is 19.5. The molecule has 4 rings (SSSR count). The number of rotatable bonds is 7. The van der Waals surface area contributed by atoms with Crippen molar-refractivity contribution < 1.29 is 37.1 Å². The van der Waals surface area contributed by atoms with Crippen molar-refractivity contribution in [2.45, 2.75) is 19.3 Å². The average molecular weight is 505 g/mol. The van der Waals surface area contributed by atoms with Crippen molar-refractivity contribution >= 4 is 17.5 Å². The van der Waals surface area contributed by atoms with Gasteiger partial charge in [0.05, 0.1) is 26.5 Å². The lowest BCUT2D eigenvalue weighted by Crippen LogP contribution is -2.24. The van der Waals surface area contributed by atoms with Crippen molar-refractivity contribution in [3.63, 3.8) is 0 Å². The van der Waals surface area contributed by atoms with Gasteiger partial charge in [0.1, 0.15) is 17.1 Å². The number of carbonyl (C=O) groups excluding carboxylic acids is 1. The molecule has 10 nitrogen and oxygen atoms in total. The second-order valence-electron chi connectivity index (χ2n) is 7.64. The molecule has 1 aliphatic rings. The predicted octanol–water partition coefficient (Wildman–Crippen LogP) is 4.21. The second-order valence-corrected chi connectivity index (χ2v) is 7.64. The molecule has 0 atom stereocenters. The summed E-state index contributed by atoms with van der Waals surface area (Å²) in [6, 6.07) is 9.47. The summed E-state index contributed by atoms with van der Waals surface area (Å²) >= 11 is 0. The Balaban J connectivity index is 1.67. The molecule has 2 heterocycles. The number of carbonyl (C=O) groups is 1. The van der Waals surface area contributed by atoms with Gasteiger partial charge in [0.15, 0.2) is 0 Å². The molecule has 1 aromatic heterocycles. The zero-order chi connectivity index (χ0) is 25.9. The van der Waals surface area contributed by atoms with Crippen LogP contribution in [0.1, 0.15) is 27.0 Å². The van der Waals surface area contributed by atoms with E-state index in [1.807, 2.05) is 6.07 Å². The van der Waals surface area contributed by atoms with Crippen LogP contribution in [0.5, 0.6) is 17.4 Å². The maximum Gasteiger partial charge on any atom is 0.423 e. The van der Waals surface area contributed by atoms with Crippen LogP contribution in [0.3, 0.4) is 0 Å². The standard InChI is InChI=1S/C23H22F3N5O5/c1-31-11-14-5-4-6-18(15(14)12-35-31)36-21-16(23(24,25)26)10-27-22(29-21)28-17-8-7-13(9-19(17)33-2)20(32)30-34-3/h4-10H,11-12H2,1-3H3,(H,30,32)(H,27,28,29). The van der Waals surface area contributed by atoms with Crippen molar-refractivity contribution in [2.75, 3.05) is 26.6 Å². The zero-order valence-electron chi connectivity index (χ0n) is 19.5. The van der Waals surface area contributed by atoms with E-state index in [1.54, 1.807) is 24.2 Å². The molecule has 3 aromatic rings. The van der Waals surface area contributed by atoms with Crippen LogP contribution in [-0.2, 0) is 29.0 Å². The van der Waals surface area contributed by atoms with Crippen molar-refractivity contribution in [3.8, 4) is 17.4 Å². The van der Waals surface area contributed by atoms with Gasteiger partial charge in [-0.05, 0) is 29.8 Å². The first kappa shape index (κ1) is 25.2. The lowest BCUT2D eigenvalue weighted by molar-refractivity contribution is -0.168. The molecule has 13 heteroatoms. The first-order valence-electron chi connectivity index (χ1n) is 10.5. The van der Waals surface area contributed by atoms with Crippen LogP contribution in [-0.4, -0.2) is 42.2 Å². The summed E-state index contributed by atoms with van der Waals surface area (Å²) in [6.45, 7) is 0.590. The summed E-state index contributed by atoms with van der Waals surface area (Å²) in [5.41, 5.74) is 3.08. The molecule has 2 aromatic carbocycles. The number of nitrogens with zero attached hydrogens (tertiary/aromatic N) is 3. The van der Waals surface area contributed by atoms with Crippen LogP contribution >= 0.6 is 0 Å². The number of anilines is 2. The van der Waals surface area contributed by atoms with Gasteiger partial charge in [-0.25, -0.2) is 10.5 Å². The third kappa shape index (κ3) is 5.48. The van der Waals surface area contributed by atoms with Gasteiger partial charge in [-0.15, -0.1) is 0 Å². The number of nitrogens with one attached hydrogen (secondary N) is 2. The minimum absolute atomic E-state index is 0.139. The molecule has 0 spiro atoms. The van der Waals surface area contributed by atoms with Gasteiger partial charge in [0.2, 0.25) is 11.8 Å². The average Bonchev–Trinajstić information content (AvgIpc) is 2.84. The maximum atomic E-state index is 13.7. The van der Waals surface area contributed by atoms with Crippen molar-refractivity contribution in [2.24, 2.45) is 0 Å². The molecule has 0 saturated carbocycles. The van der Waals surface area contributed by atoms with Crippen LogP contribution in [0.4, 0.5) is 24.8 Å². The summed E-state index contributed by atoms with van der Waals surface area (Å²) in [7, 11) is 4.42. The van der Waals surface area contributed by atoms with Crippen molar-refractivity contribution in [1.82, 2.24) is 20.5 Å². The third-order valence-corrected chi connectivity index (χ3v) is 5.22. The summed E-state index contributed by atoms with van der Waals surface area (Å²) in [4.78, 5) is 29.9. The van der Waals surface area contributed by atoms with E-state index in [0.29, 0.717) is 24.0 Å². The molecule has 36 heavy (non-hydrogen) atoms. The highest BCUT2D eigenvalue weighted by molar-refractivity contribution is 5.94. The normalized spacial score (nSPS) is 13.6. The number of benzene rings is 2. The van der Waals surface area contributed by atoms with Gasteiger partial charge >= 0.3 is 6.18 Å². The van der Waals surface area contributed by atoms with Gasteiger partial charge in [-0.1, -0.05) is 12.1 Å². The summed E-state index contributed by atoms with van der Waals surface area (Å²) in [6.07, 6.45) is -4.12. The highest BCUT2D eigenvalue weighted by atomic mass is 19.4. The number of aromatic nitrogens is 2. The van der Waals surface area contributed by atoms with E-state index in [9.17, 15) is 18.0 Å². The first-order valence-corrected chi connectivity index (χ1v) is 10.5. The molecule has 1 amide bonds.